The smallest absolute Gasteiger partial charge is 0.273 e. The average molecular weight is 240 g/mol. The van der Waals surface area contributed by atoms with Crippen molar-refractivity contribution in [2.45, 2.75) is 33.6 Å². The molecule has 0 bridgehead atoms. The van der Waals surface area contributed by atoms with Crippen molar-refractivity contribution in [2.75, 3.05) is 14.1 Å². The van der Waals surface area contributed by atoms with E-state index in [1.165, 1.54) is 14.1 Å². The summed E-state index contributed by atoms with van der Waals surface area (Å²) in [6.45, 7) is 5.65. The summed E-state index contributed by atoms with van der Waals surface area (Å²) in [7, 11) is 2.86. The van der Waals surface area contributed by atoms with Crippen LogP contribution in [0.3, 0.4) is 0 Å². The topological polar surface area (TPSA) is 57.7 Å². The Bertz CT molecular complexity index is 341. The molecular formula is C12H20N2O3. The van der Waals surface area contributed by atoms with Crippen LogP contribution < -0.4 is 0 Å². The maximum absolute atomic E-state index is 12.3. The lowest BCUT2D eigenvalue weighted by molar-refractivity contribution is -0.161. The van der Waals surface area contributed by atoms with Gasteiger partial charge < -0.3 is 0 Å². The number of nitrogens with zero attached hydrogens (tertiary/aromatic N) is 2. The number of rotatable bonds is 3. The molecule has 0 radical (unpaired) electrons. The van der Waals surface area contributed by atoms with Gasteiger partial charge in [0.15, 0.2) is 0 Å². The molecule has 1 aliphatic rings. The Balaban J connectivity index is 3.32. The standard InChI is InChI=1S/C12H20N2O3/c1-6-8(3)12(7-2)9(15)13(4)11(17)14(5)10(12)16/h8H,6-7H2,1-5H3/t8-/m0/s1. The van der Waals surface area contributed by atoms with Gasteiger partial charge in [0.05, 0.1) is 0 Å². The van der Waals surface area contributed by atoms with Crippen molar-refractivity contribution in [3.05, 3.63) is 0 Å². The molecule has 1 saturated heterocycles. The number of carbonyl (C=O) groups excluding carboxylic acids is 3. The van der Waals surface area contributed by atoms with E-state index in [2.05, 4.69) is 0 Å². The van der Waals surface area contributed by atoms with Gasteiger partial charge >= 0.3 is 6.03 Å². The highest BCUT2D eigenvalue weighted by Crippen LogP contribution is 2.40. The largest absolute Gasteiger partial charge is 0.332 e. The first kappa shape index (κ1) is 13.7. The highest BCUT2D eigenvalue weighted by molar-refractivity contribution is 6.18. The summed E-state index contributed by atoms with van der Waals surface area (Å²) in [4.78, 5) is 38.4. The highest BCUT2D eigenvalue weighted by Gasteiger charge is 2.56. The molecular weight excluding hydrogens is 220 g/mol. The van der Waals surface area contributed by atoms with Crippen LogP contribution in [0.4, 0.5) is 4.79 Å². The molecule has 17 heavy (non-hydrogen) atoms. The van der Waals surface area contributed by atoms with Crippen LogP contribution in [0.25, 0.3) is 0 Å². The lowest BCUT2D eigenvalue weighted by Gasteiger charge is -2.44. The molecule has 5 heteroatoms. The fourth-order valence-corrected chi connectivity index (χ4v) is 2.51. The zero-order valence-corrected chi connectivity index (χ0v) is 11.1. The van der Waals surface area contributed by atoms with Crippen molar-refractivity contribution in [3.63, 3.8) is 0 Å². The van der Waals surface area contributed by atoms with Crippen LogP contribution in [-0.4, -0.2) is 41.7 Å². The molecule has 0 aromatic carbocycles. The summed E-state index contributed by atoms with van der Waals surface area (Å²) >= 11 is 0. The Kier molecular flexibility index (Phi) is 3.59. The van der Waals surface area contributed by atoms with Crippen LogP contribution in [-0.2, 0) is 9.59 Å². The summed E-state index contributed by atoms with van der Waals surface area (Å²) < 4.78 is 0. The Morgan fingerprint density at radius 1 is 1.06 bits per heavy atom. The molecule has 96 valence electrons. The van der Waals surface area contributed by atoms with Gasteiger partial charge in [0, 0.05) is 14.1 Å². The molecule has 1 aliphatic heterocycles. The molecule has 1 atom stereocenters. The van der Waals surface area contributed by atoms with E-state index in [1.807, 2.05) is 20.8 Å². The van der Waals surface area contributed by atoms with Crippen LogP contribution in [0.2, 0.25) is 0 Å². The summed E-state index contributed by atoms with van der Waals surface area (Å²) in [5, 5.41) is 0. The number of carbonyl (C=O) groups is 3. The van der Waals surface area contributed by atoms with Gasteiger partial charge in [-0.2, -0.15) is 0 Å². The molecule has 0 saturated carbocycles. The number of imide groups is 2. The third-order valence-corrected chi connectivity index (χ3v) is 3.96. The van der Waals surface area contributed by atoms with Gasteiger partial charge in [-0.25, -0.2) is 4.79 Å². The summed E-state index contributed by atoms with van der Waals surface area (Å²) in [5.41, 5.74) is -1.08. The second kappa shape index (κ2) is 4.47. The van der Waals surface area contributed by atoms with Gasteiger partial charge in [-0.3, -0.25) is 19.4 Å². The SMILES string of the molecule is CC[C@H](C)C1(CC)C(=O)N(C)C(=O)N(C)C1=O. The van der Waals surface area contributed by atoms with E-state index in [-0.39, 0.29) is 17.7 Å². The third kappa shape index (κ3) is 1.64. The van der Waals surface area contributed by atoms with E-state index in [0.29, 0.717) is 6.42 Å². The summed E-state index contributed by atoms with van der Waals surface area (Å²) in [5.74, 6) is -0.824. The Morgan fingerprint density at radius 3 is 1.76 bits per heavy atom. The number of urea groups is 1. The zero-order chi connectivity index (χ0) is 13.4. The lowest BCUT2D eigenvalue weighted by Crippen LogP contribution is -2.64. The predicted octanol–water partition coefficient (Wildman–Crippen LogP) is 1.48. The molecule has 4 amide bonds. The molecule has 0 spiro atoms. The summed E-state index contributed by atoms with van der Waals surface area (Å²) in [6, 6.07) is -0.549. The molecule has 5 nitrogen and oxygen atoms in total. The summed E-state index contributed by atoms with van der Waals surface area (Å²) in [6.07, 6.45) is 1.14. The minimum Gasteiger partial charge on any atom is -0.273 e. The molecule has 0 unspecified atom stereocenters. The number of hydrogen-bond acceptors (Lipinski definition) is 3. The first-order valence-corrected chi connectivity index (χ1v) is 5.94. The molecule has 1 rings (SSSR count). The van der Waals surface area contributed by atoms with E-state index < -0.39 is 11.4 Å². The second-order valence-corrected chi connectivity index (χ2v) is 4.65. The zero-order valence-electron chi connectivity index (χ0n) is 11.1. The van der Waals surface area contributed by atoms with Crippen LogP contribution in [0.15, 0.2) is 0 Å². The molecule has 0 aromatic heterocycles. The first-order chi connectivity index (χ1) is 7.84. The average Bonchev–Trinajstić information content (AvgIpc) is 2.35. The fraction of sp³-hybridized carbons (Fsp3) is 0.750. The second-order valence-electron chi connectivity index (χ2n) is 4.65. The van der Waals surface area contributed by atoms with Crippen LogP contribution in [0, 0.1) is 11.3 Å². The quantitative estimate of drug-likeness (QED) is 0.702. The number of barbiturate groups is 1. The van der Waals surface area contributed by atoms with E-state index in [9.17, 15) is 14.4 Å². The van der Waals surface area contributed by atoms with Crippen molar-refractivity contribution < 1.29 is 14.4 Å². The molecule has 0 aromatic rings. The molecule has 1 fully saturated rings. The van der Waals surface area contributed by atoms with Crippen LogP contribution >= 0.6 is 0 Å². The van der Waals surface area contributed by atoms with E-state index >= 15 is 0 Å². The Hall–Kier alpha value is -1.39. The van der Waals surface area contributed by atoms with E-state index in [4.69, 9.17) is 0 Å². The van der Waals surface area contributed by atoms with Crippen LogP contribution in [0.5, 0.6) is 0 Å². The van der Waals surface area contributed by atoms with Gasteiger partial charge in [0.1, 0.15) is 5.41 Å². The van der Waals surface area contributed by atoms with Crippen molar-refractivity contribution in [1.82, 2.24) is 9.80 Å². The number of hydrogen-bond donors (Lipinski definition) is 0. The number of amides is 4. The van der Waals surface area contributed by atoms with Crippen molar-refractivity contribution in [3.8, 4) is 0 Å². The van der Waals surface area contributed by atoms with E-state index in [1.54, 1.807) is 0 Å². The molecule has 0 N–H and O–H groups in total. The maximum Gasteiger partial charge on any atom is 0.332 e. The Morgan fingerprint density at radius 2 is 1.47 bits per heavy atom. The first-order valence-electron chi connectivity index (χ1n) is 5.94. The minimum absolute atomic E-state index is 0.0782. The van der Waals surface area contributed by atoms with Crippen molar-refractivity contribution in [1.29, 1.82) is 0 Å². The lowest BCUT2D eigenvalue weighted by atomic mass is 9.69. The van der Waals surface area contributed by atoms with Gasteiger partial charge in [-0.1, -0.05) is 27.2 Å². The van der Waals surface area contributed by atoms with Crippen molar-refractivity contribution in [2.24, 2.45) is 11.3 Å². The fourth-order valence-electron chi connectivity index (χ4n) is 2.51. The molecule has 0 aliphatic carbocycles. The minimum atomic E-state index is -1.08. The monoisotopic (exact) mass is 240 g/mol. The Labute approximate surface area is 102 Å². The van der Waals surface area contributed by atoms with Gasteiger partial charge in [0.2, 0.25) is 11.8 Å². The van der Waals surface area contributed by atoms with Gasteiger partial charge in [0.25, 0.3) is 0 Å². The van der Waals surface area contributed by atoms with Crippen molar-refractivity contribution >= 4 is 17.8 Å². The highest BCUT2D eigenvalue weighted by atomic mass is 16.2. The van der Waals surface area contributed by atoms with E-state index in [0.717, 1.165) is 16.2 Å². The van der Waals surface area contributed by atoms with Crippen LogP contribution in [0.1, 0.15) is 33.6 Å². The molecule has 1 heterocycles. The van der Waals surface area contributed by atoms with Gasteiger partial charge in [-0.05, 0) is 12.3 Å². The third-order valence-electron chi connectivity index (χ3n) is 3.96. The maximum atomic E-state index is 12.3. The normalized spacial score (nSPS) is 22.1. The van der Waals surface area contributed by atoms with Gasteiger partial charge in [-0.15, -0.1) is 0 Å². The predicted molar refractivity (Wildman–Crippen MR) is 63.1 cm³/mol.